The molecule has 1 aromatic rings. The van der Waals surface area contributed by atoms with Gasteiger partial charge < -0.3 is 51.4 Å². The zero-order valence-electron chi connectivity index (χ0n) is 27.0. The first-order valence-electron chi connectivity index (χ1n) is 14.6. The second kappa shape index (κ2) is 19.9. The maximum atomic E-state index is 12.9. The number of amides is 2. The number of hydrogen-bond donors (Lipinski definition) is 4. The van der Waals surface area contributed by atoms with Gasteiger partial charge in [-0.1, -0.05) is 33.8 Å². The number of nitrogens with one attached hydrogen (secondary N) is 1. The zero-order chi connectivity index (χ0) is 33.3. The molecule has 1 aromatic carbocycles. The Morgan fingerprint density at radius 2 is 1.65 bits per heavy atom. The van der Waals surface area contributed by atoms with Crippen LogP contribution in [0.1, 0.15) is 66.4 Å². The van der Waals surface area contributed by atoms with Gasteiger partial charge in [0.05, 0.1) is 30.3 Å². The molecule has 6 N–H and O–H groups in total. The van der Waals surface area contributed by atoms with Gasteiger partial charge in [0.2, 0.25) is 11.8 Å². The van der Waals surface area contributed by atoms with Crippen molar-refractivity contribution in [3.05, 3.63) is 39.1 Å². The molecule has 0 unspecified atom stereocenters. The molecule has 13 heteroatoms. The summed E-state index contributed by atoms with van der Waals surface area (Å²) in [6.07, 6.45) is 1.56. The van der Waals surface area contributed by atoms with E-state index in [0.717, 1.165) is 18.4 Å². The van der Waals surface area contributed by atoms with E-state index < -0.39 is 34.5 Å². The molecule has 1 rings (SSSR count). The minimum atomic E-state index is -1.75. The first kappa shape index (κ1) is 39.8. The van der Waals surface area contributed by atoms with Crippen molar-refractivity contribution in [1.29, 1.82) is 0 Å². The lowest BCUT2D eigenvalue weighted by Gasteiger charge is -2.30. The summed E-state index contributed by atoms with van der Waals surface area (Å²) in [5.74, 6) is 0.792. The first-order valence-corrected chi connectivity index (χ1v) is 14.6. The standard InChI is InChI=1S/C30H53N3O6.NO3/c1-19(2)22(14-21-10-11-26(38-8)27(15-21)39-13-9-12-37-7)16-24(31)25(34)17-23(20(3)4)28(35)33-18-30(5,6)29(32)36;2-1(3)4/h10-11,15,19-20,22-25,34H,9,12-14,16-18,31H2,1-8H3,(H2,32,36)(H,33,35);/q;-1/t22-,23-,24-,25-;/m0./s1. The Bertz CT molecular complexity index is 984. The summed E-state index contributed by atoms with van der Waals surface area (Å²) >= 11 is 0. The van der Waals surface area contributed by atoms with Gasteiger partial charge in [-0.3, -0.25) is 9.59 Å². The van der Waals surface area contributed by atoms with Crippen LogP contribution >= 0.6 is 0 Å². The predicted octanol–water partition coefficient (Wildman–Crippen LogP) is 3.05. The normalized spacial score (nSPS) is 14.2. The predicted molar refractivity (Wildman–Crippen MR) is 165 cm³/mol. The Kier molecular flexibility index (Phi) is 18.5. The van der Waals surface area contributed by atoms with E-state index in [-0.39, 0.29) is 30.7 Å². The van der Waals surface area contributed by atoms with Crippen LogP contribution in [0.15, 0.2) is 18.2 Å². The maximum Gasteiger partial charge on any atom is 0.224 e. The fourth-order valence-corrected chi connectivity index (χ4v) is 4.39. The summed E-state index contributed by atoms with van der Waals surface area (Å²) in [4.78, 5) is 32.8. The molecule has 0 radical (unpaired) electrons. The van der Waals surface area contributed by atoms with Gasteiger partial charge in [0, 0.05) is 38.6 Å². The van der Waals surface area contributed by atoms with E-state index in [1.807, 2.05) is 32.0 Å². The summed E-state index contributed by atoms with van der Waals surface area (Å²) in [5.41, 5.74) is 12.2. The molecule has 0 aliphatic heterocycles. The Hall–Kier alpha value is -3.16. The van der Waals surface area contributed by atoms with Crippen LogP contribution in [0.2, 0.25) is 0 Å². The molecule has 13 nitrogen and oxygen atoms in total. The van der Waals surface area contributed by atoms with Crippen LogP contribution < -0.4 is 26.3 Å². The number of methoxy groups -OCH3 is 2. The number of nitrogens with zero attached hydrogens (tertiary/aromatic N) is 1. The van der Waals surface area contributed by atoms with Gasteiger partial charge in [-0.05, 0) is 68.6 Å². The molecule has 248 valence electrons. The maximum absolute atomic E-state index is 12.9. The summed E-state index contributed by atoms with van der Waals surface area (Å²) in [5, 5.41) is 28.6. The third-order valence-corrected chi connectivity index (χ3v) is 7.50. The second-order valence-electron chi connectivity index (χ2n) is 12.1. The van der Waals surface area contributed by atoms with Crippen molar-refractivity contribution in [2.24, 2.45) is 40.6 Å². The molecule has 0 fully saturated rings. The quantitative estimate of drug-likeness (QED) is 0.102. The summed E-state index contributed by atoms with van der Waals surface area (Å²) in [6.45, 7) is 12.9. The van der Waals surface area contributed by atoms with Gasteiger partial charge in [-0.2, -0.15) is 0 Å². The monoisotopic (exact) mass is 613 g/mol. The average molecular weight is 614 g/mol. The van der Waals surface area contributed by atoms with Gasteiger partial charge in [0.1, 0.15) is 0 Å². The summed E-state index contributed by atoms with van der Waals surface area (Å²) < 4.78 is 16.5. The SMILES string of the molecule is COCCCOc1cc(C[C@@H](C[C@H](N)[C@@H](O)C[C@H](C(=O)NCC(C)(C)C(N)=O)C(C)C)C(C)C)ccc1OC.O=[N+]([O-])[O-]. The number of carbonyl (C=O) groups excluding carboxylic acids is 2. The van der Waals surface area contributed by atoms with Crippen LogP contribution in [0.3, 0.4) is 0 Å². The highest BCUT2D eigenvalue weighted by Gasteiger charge is 2.32. The van der Waals surface area contributed by atoms with Crippen molar-refractivity contribution < 1.29 is 34.0 Å². The Morgan fingerprint density at radius 3 is 2.14 bits per heavy atom. The minimum Gasteiger partial charge on any atom is -0.493 e. The van der Waals surface area contributed by atoms with Crippen LogP contribution in [-0.4, -0.2) is 68.1 Å². The number of nitrogens with two attached hydrogens (primary N) is 2. The van der Waals surface area contributed by atoms with Crippen molar-refractivity contribution in [1.82, 2.24) is 5.32 Å². The largest absolute Gasteiger partial charge is 0.493 e. The number of rotatable bonds is 19. The number of aliphatic hydroxyl groups is 1. The molecule has 43 heavy (non-hydrogen) atoms. The van der Waals surface area contributed by atoms with Crippen LogP contribution in [-0.2, 0) is 20.7 Å². The average Bonchev–Trinajstić information content (AvgIpc) is 2.91. The van der Waals surface area contributed by atoms with E-state index in [0.29, 0.717) is 37.1 Å². The topological polar surface area (TPSA) is 212 Å². The number of primary amides is 1. The van der Waals surface area contributed by atoms with Gasteiger partial charge >= 0.3 is 0 Å². The van der Waals surface area contributed by atoms with Crippen molar-refractivity contribution in [2.45, 2.75) is 79.4 Å². The smallest absolute Gasteiger partial charge is 0.224 e. The third kappa shape index (κ3) is 15.8. The van der Waals surface area contributed by atoms with E-state index in [2.05, 4.69) is 19.2 Å². The molecule has 2 amide bonds. The van der Waals surface area contributed by atoms with Crippen LogP contribution in [0.25, 0.3) is 0 Å². The first-order chi connectivity index (χ1) is 20.0. The number of carbonyl (C=O) groups is 2. The zero-order valence-corrected chi connectivity index (χ0v) is 27.0. The van der Waals surface area contributed by atoms with Gasteiger partial charge in [-0.15, -0.1) is 0 Å². The van der Waals surface area contributed by atoms with Crippen molar-refractivity contribution in [3.8, 4) is 11.5 Å². The molecule has 0 saturated heterocycles. The number of benzene rings is 1. The van der Waals surface area contributed by atoms with Crippen molar-refractivity contribution in [2.75, 3.05) is 34.0 Å². The minimum absolute atomic E-state index is 0.00829. The highest BCUT2D eigenvalue weighted by molar-refractivity contribution is 5.83. The van der Waals surface area contributed by atoms with Gasteiger partial charge in [-0.25, -0.2) is 0 Å². The van der Waals surface area contributed by atoms with Gasteiger partial charge in [0.15, 0.2) is 11.5 Å². The van der Waals surface area contributed by atoms with E-state index >= 15 is 0 Å². The Balaban J connectivity index is 0.00000413. The number of ether oxygens (including phenoxy) is 3. The molecule has 0 spiro atoms. The molecule has 0 saturated carbocycles. The number of hydrogen-bond acceptors (Lipinski definition) is 10. The highest BCUT2D eigenvalue weighted by Crippen LogP contribution is 2.32. The van der Waals surface area contributed by atoms with Crippen LogP contribution in [0, 0.1) is 44.4 Å². The molecule has 0 heterocycles. The summed E-state index contributed by atoms with van der Waals surface area (Å²) in [6, 6.07) is 5.47. The molecule has 0 aromatic heterocycles. The van der Waals surface area contributed by atoms with E-state index in [1.165, 1.54) is 0 Å². The molecule has 0 aliphatic rings. The van der Waals surface area contributed by atoms with Crippen molar-refractivity contribution >= 4 is 11.8 Å². The molecule has 4 atom stereocenters. The van der Waals surface area contributed by atoms with E-state index in [4.69, 9.17) is 41.0 Å². The third-order valence-electron chi connectivity index (χ3n) is 7.50. The Morgan fingerprint density at radius 1 is 1.05 bits per heavy atom. The number of aliphatic hydroxyl groups excluding tert-OH is 1. The fourth-order valence-electron chi connectivity index (χ4n) is 4.39. The van der Waals surface area contributed by atoms with Crippen LogP contribution in [0.4, 0.5) is 0 Å². The van der Waals surface area contributed by atoms with Crippen molar-refractivity contribution in [3.63, 3.8) is 0 Å². The highest BCUT2D eigenvalue weighted by atomic mass is 16.9. The second-order valence-corrected chi connectivity index (χ2v) is 12.1. The molecular formula is C30H53N4O9-. The van der Waals surface area contributed by atoms with Gasteiger partial charge in [0.25, 0.3) is 0 Å². The fraction of sp³-hybridized carbons (Fsp3) is 0.733. The lowest BCUT2D eigenvalue weighted by Crippen LogP contribution is -2.46. The Labute approximate surface area is 255 Å². The lowest BCUT2D eigenvalue weighted by molar-refractivity contribution is -0.402. The summed E-state index contributed by atoms with van der Waals surface area (Å²) in [7, 11) is 3.29. The lowest BCUT2D eigenvalue weighted by atomic mass is 9.80. The van der Waals surface area contributed by atoms with E-state index in [1.54, 1.807) is 28.1 Å². The molecule has 0 aliphatic carbocycles. The molecular weight excluding hydrogens is 560 g/mol. The van der Waals surface area contributed by atoms with Crippen LogP contribution in [0.5, 0.6) is 11.5 Å². The molecule has 0 bridgehead atoms. The van der Waals surface area contributed by atoms with E-state index in [9.17, 15) is 14.7 Å².